The van der Waals surface area contributed by atoms with Crippen molar-refractivity contribution >= 4 is 30.0 Å². The molecule has 4 unspecified atom stereocenters. The molecule has 1 saturated heterocycles. The summed E-state index contributed by atoms with van der Waals surface area (Å²) < 4.78 is 36.9. The van der Waals surface area contributed by atoms with Crippen molar-refractivity contribution in [1.82, 2.24) is 0 Å². The van der Waals surface area contributed by atoms with Crippen molar-refractivity contribution in [3.8, 4) is 0 Å². The molecular weight excluding hydrogens is 632 g/mol. The van der Waals surface area contributed by atoms with Gasteiger partial charge in [-0.2, -0.15) is 0 Å². The lowest BCUT2D eigenvalue weighted by atomic mass is 9.47. The van der Waals surface area contributed by atoms with Gasteiger partial charge >= 0.3 is 23.9 Å². The number of hydrogen-bond acceptors (Lipinski definition) is 11. The second-order valence-corrected chi connectivity index (χ2v) is 13.8. The van der Waals surface area contributed by atoms with Crippen LogP contribution in [0, 0.1) is 11.3 Å². The van der Waals surface area contributed by atoms with E-state index in [1.54, 1.807) is 64.1 Å². The first-order valence-electron chi connectivity index (χ1n) is 16.2. The van der Waals surface area contributed by atoms with Gasteiger partial charge in [-0.15, -0.1) is 0 Å². The van der Waals surface area contributed by atoms with E-state index in [1.165, 1.54) is 31.6 Å². The van der Waals surface area contributed by atoms with Crippen LogP contribution < -0.4 is 0 Å². The van der Waals surface area contributed by atoms with Crippen LogP contribution in [0.5, 0.6) is 0 Å². The van der Waals surface area contributed by atoms with Gasteiger partial charge in [0.05, 0.1) is 39.9 Å². The van der Waals surface area contributed by atoms with E-state index < -0.39 is 76.4 Å². The van der Waals surface area contributed by atoms with Crippen molar-refractivity contribution in [3.05, 3.63) is 102 Å². The van der Waals surface area contributed by atoms with Gasteiger partial charge in [-0.25, -0.2) is 14.4 Å². The van der Waals surface area contributed by atoms with Gasteiger partial charge in [0.25, 0.3) is 0 Å². The number of aliphatic hydroxyl groups is 1. The van der Waals surface area contributed by atoms with Crippen molar-refractivity contribution in [1.29, 1.82) is 0 Å². The van der Waals surface area contributed by atoms with Crippen molar-refractivity contribution in [3.63, 3.8) is 0 Å². The molecule has 1 aliphatic heterocycles. The predicted octanol–water partition coefficient (Wildman–Crippen LogP) is 5.32. The number of esters is 4. The fourth-order valence-corrected chi connectivity index (χ4v) is 8.29. The van der Waals surface area contributed by atoms with E-state index in [4.69, 9.17) is 28.1 Å². The average molecular weight is 673 g/mol. The van der Waals surface area contributed by atoms with Crippen LogP contribution >= 0.6 is 0 Å². The fraction of sp³-hybridized carbons (Fsp3) is 0.421. The maximum absolute atomic E-state index is 13.9. The predicted molar refractivity (Wildman–Crippen MR) is 174 cm³/mol. The second kappa shape index (κ2) is 12.6. The van der Waals surface area contributed by atoms with Crippen molar-refractivity contribution in [2.75, 3.05) is 0 Å². The quantitative estimate of drug-likeness (QED) is 0.188. The minimum atomic E-state index is -1.84. The molecule has 2 bridgehead atoms. The van der Waals surface area contributed by atoms with E-state index in [2.05, 4.69) is 0 Å². The second-order valence-electron chi connectivity index (χ2n) is 13.8. The van der Waals surface area contributed by atoms with Gasteiger partial charge < -0.3 is 33.2 Å². The summed E-state index contributed by atoms with van der Waals surface area (Å²) in [6.45, 7) is 7.95. The molecule has 2 aliphatic carbocycles. The van der Waals surface area contributed by atoms with Crippen LogP contribution in [0.15, 0.2) is 89.7 Å². The zero-order valence-electron chi connectivity index (χ0n) is 28.0. The Labute approximate surface area is 284 Å². The molecule has 2 aromatic carbocycles. The minimum Gasteiger partial charge on any atom is -0.472 e. The van der Waals surface area contributed by atoms with Gasteiger partial charge in [-0.05, 0) is 70.4 Å². The summed E-state index contributed by atoms with van der Waals surface area (Å²) in [7, 11) is 0. The molecule has 258 valence electrons. The minimum absolute atomic E-state index is 0.0761. The van der Waals surface area contributed by atoms with E-state index in [0.717, 1.165) is 5.56 Å². The molecule has 8 atom stereocenters. The van der Waals surface area contributed by atoms with Crippen LogP contribution in [0.3, 0.4) is 0 Å². The third kappa shape index (κ3) is 5.74. The molecule has 1 spiro atoms. The van der Waals surface area contributed by atoms with Crippen LogP contribution in [-0.2, 0) is 33.3 Å². The molecule has 2 saturated carbocycles. The molecule has 3 aliphatic rings. The summed E-state index contributed by atoms with van der Waals surface area (Å²) >= 11 is 0. The molecule has 1 N–H and O–H groups in total. The standard InChI is InChI=1S/C38H40O11/c1-23(39)45-27-18-20-36(4,43)38-31(47-34(42)26-19-21-44-22-26)29(35(2,3)49-38)30(46-28(40)17-16-24-12-8-6-9-13-24)32(37(27,38)5)48-33(41)25-14-10-7-11-15-25/h6-17,19,21-22,27,29-32,43H,18,20H2,1-5H3/b17-16+/t27?,29-,30?,31?,32?,36-,37+,38+/m1/s1. The van der Waals surface area contributed by atoms with E-state index in [0.29, 0.717) is 0 Å². The Kier molecular flexibility index (Phi) is 8.79. The third-order valence-electron chi connectivity index (χ3n) is 10.4. The summed E-state index contributed by atoms with van der Waals surface area (Å²) in [5, 5.41) is 12.4. The number of carbonyl (C=O) groups is 4. The monoisotopic (exact) mass is 672 g/mol. The lowest BCUT2D eigenvalue weighted by Gasteiger charge is -2.65. The highest BCUT2D eigenvalue weighted by Crippen LogP contribution is 2.69. The number of hydrogen-bond donors (Lipinski definition) is 1. The summed E-state index contributed by atoms with van der Waals surface area (Å²) in [4.78, 5) is 53.9. The van der Waals surface area contributed by atoms with Crippen molar-refractivity contribution < 1.29 is 52.4 Å². The van der Waals surface area contributed by atoms with Crippen LogP contribution in [0.1, 0.15) is 73.7 Å². The maximum atomic E-state index is 13.9. The summed E-state index contributed by atoms with van der Waals surface area (Å²) in [5.41, 5.74) is -5.39. The summed E-state index contributed by atoms with van der Waals surface area (Å²) in [6.07, 6.45) is 0.607. The highest BCUT2D eigenvalue weighted by atomic mass is 16.6. The van der Waals surface area contributed by atoms with Gasteiger partial charge in [0.1, 0.15) is 30.2 Å². The number of rotatable bonds is 8. The topological polar surface area (TPSA) is 148 Å². The molecule has 1 aromatic heterocycles. The third-order valence-corrected chi connectivity index (χ3v) is 10.4. The Bertz CT molecular complexity index is 1730. The number of ether oxygens (including phenoxy) is 5. The first-order valence-corrected chi connectivity index (χ1v) is 16.2. The van der Waals surface area contributed by atoms with Crippen LogP contribution in [0.25, 0.3) is 6.08 Å². The van der Waals surface area contributed by atoms with Crippen molar-refractivity contribution in [2.45, 2.75) is 88.7 Å². The normalized spacial score (nSPS) is 32.9. The van der Waals surface area contributed by atoms with Gasteiger partial charge in [0.15, 0.2) is 6.10 Å². The molecule has 11 nitrogen and oxygen atoms in total. The van der Waals surface area contributed by atoms with Gasteiger partial charge in [-0.1, -0.05) is 48.5 Å². The lowest BCUT2D eigenvalue weighted by Crippen LogP contribution is -2.81. The fourth-order valence-electron chi connectivity index (χ4n) is 8.29. The number of benzene rings is 2. The summed E-state index contributed by atoms with van der Waals surface area (Å²) in [5.74, 6) is -3.88. The Morgan fingerprint density at radius 1 is 0.816 bits per heavy atom. The van der Waals surface area contributed by atoms with Gasteiger partial charge in [0.2, 0.25) is 0 Å². The Hall–Kier alpha value is -4.74. The summed E-state index contributed by atoms with van der Waals surface area (Å²) in [6, 6.07) is 18.9. The molecule has 11 heteroatoms. The molecule has 6 rings (SSSR count). The number of carbonyl (C=O) groups excluding carboxylic acids is 4. The first kappa shape index (κ1) is 34.1. The molecular formula is C38H40O11. The SMILES string of the molecule is CC(=O)OC1CC[C@@](C)(O)[C@]23OC(C)(C)[C@H](C(OC(=O)/C=C/c4ccccc4)C(OC(=O)c4ccccc4)[C@]12C)C3OC(=O)c1ccoc1. The number of fused-ring (bicyclic) bond motifs is 1. The molecule has 2 heterocycles. The van der Waals surface area contributed by atoms with Crippen LogP contribution in [-0.4, -0.2) is 70.2 Å². The Balaban J connectivity index is 1.54. The molecule has 0 radical (unpaired) electrons. The zero-order valence-corrected chi connectivity index (χ0v) is 28.0. The highest BCUT2D eigenvalue weighted by Gasteiger charge is 2.85. The molecule has 49 heavy (non-hydrogen) atoms. The molecule has 0 amide bonds. The average Bonchev–Trinajstić information content (AvgIpc) is 3.67. The van der Waals surface area contributed by atoms with Crippen molar-refractivity contribution in [2.24, 2.45) is 11.3 Å². The van der Waals surface area contributed by atoms with E-state index in [1.807, 2.05) is 30.3 Å². The van der Waals surface area contributed by atoms with Gasteiger partial charge in [-0.3, -0.25) is 4.79 Å². The van der Waals surface area contributed by atoms with Gasteiger partial charge in [0, 0.05) is 13.0 Å². The largest absolute Gasteiger partial charge is 0.472 e. The lowest BCUT2D eigenvalue weighted by molar-refractivity contribution is -0.334. The maximum Gasteiger partial charge on any atom is 0.341 e. The Morgan fingerprint density at radius 3 is 2.08 bits per heavy atom. The molecule has 3 aromatic rings. The van der Waals surface area contributed by atoms with Crippen LogP contribution in [0.4, 0.5) is 0 Å². The Morgan fingerprint density at radius 2 is 1.45 bits per heavy atom. The number of furan rings is 1. The first-order chi connectivity index (χ1) is 23.2. The zero-order chi connectivity index (χ0) is 35.2. The van der Waals surface area contributed by atoms with E-state index in [-0.39, 0.29) is 24.0 Å². The van der Waals surface area contributed by atoms with E-state index >= 15 is 0 Å². The van der Waals surface area contributed by atoms with E-state index in [9.17, 15) is 24.3 Å². The highest BCUT2D eigenvalue weighted by molar-refractivity contribution is 5.90. The smallest absolute Gasteiger partial charge is 0.341 e. The van der Waals surface area contributed by atoms with Crippen LogP contribution in [0.2, 0.25) is 0 Å². The molecule has 3 fully saturated rings.